The number of hydrogen-bond acceptors (Lipinski definition) is 2. The molecular weight excluding hydrogens is 447 g/mol. The molecule has 3 aliphatic rings. The van der Waals surface area contributed by atoms with Gasteiger partial charge in [-0.05, 0) is 85.1 Å². The molecule has 0 unspecified atom stereocenters. The molecule has 2 fully saturated rings. The van der Waals surface area contributed by atoms with Crippen LogP contribution in [-0.4, -0.2) is 10.1 Å². The summed E-state index contributed by atoms with van der Waals surface area (Å²) < 4.78 is 39.5. The summed E-state index contributed by atoms with van der Waals surface area (Å²) in [6.45, 7) is 4.43. The van der Waals surface area contributed by atoms with Crippen molar-refractivity contribution >= 4 is 0 Å². The topological polar surface area (TPSA) is 33.1 Å². The van der Waals surface area contributed by atoms with Gasteiger partial charge in [0.05, 0.1) is 11.7 Å². The zero-order valence-electron chi connectivity index (χ0n) is 21.1. The predicted molar refractivity (Wildman–Crippen MR) is 133 cm³/mol. The summed E-state index contributed by atoms with van der Waals surface area (Å²) in [6.07, 6.45) is 7.89. The van der Waals surface area contributed by atoms with E-state index in [9.17, 15) is 18.3 Å². The van der Waals surface area contributed by atoms with Gasteiger partial charge in [-0.1, -0.05) is 58.1 Å². The predicted octanol–water partition coefficient (Wildman–Crippen LogP) is 8.40. The summed E-state index contributed by atoms with van der Waals surface area (Å²) in [7, 11) is 0. The normalized spacial score (nSPS) is 23.4. The van der Waals surface area contributed by atoms with Crippen LogP contribution in [0.2, 0.25) is 0 Å². The third kappa shape index (κ3) is 5.16. The lowest BCUT2D eigenvalue weighted by atomic mass is 9.69. The molecule has 1 heterocycles. The van der Waals surface area contributed by atoms with Gasteiger partial charge in [-0.15, -0.1) is 0 Å². The minimum atomic E-state index is -4.33. The monoisotopic (exact) mass is 485 g/mol. The number of aromatic nitrogens is 1. The summed E-state index contributed by atoms with van der Waals surface area (Å²) in [5.74, 6) is 0.815. The lowest BCUT2D eigenvalue weighted by molar-refractivity contribution is -0.137. The van der Waals surface area contributed by atoms with E-state index in [1.165, 1.54) is 61.1 Å². The van der Waals surface area contributed by atoms with Crippen LogP contribution in [0.15, 0.2) is 24.3 Å². The van der Waals surface area contributed by atoms with Crippen molar-refractivity contribution in [3.05, 3.63) is 63.5 Å². The molecule has 190 valence electrons. The molecule has 1 N–H and O–H groups in total. The standard InChI is InChI=1S/C30H38F3NO/c1-29(2)17-24-27(25(35)18-29)26(20-8-4-3-5-9-20)23(28(34-24)21-10-6-7-11-21)16-19-12-14-22(15-13-19)30(31,32)33/h12-15,20-21,25,35H,3-11,16-18H2,1-2H3/t25-/m0/s1. The molecule has 0 saturated heterocycles. The first kappa shape index (κ1) is 24.8. The SMILES string of the molecule is CC1(C)Cc2nc(C3CCCC3)c(Cc3ccc(C(F)(F)F)cc3)c(C3CCCCC3)c2[C@@H](O)C1. The molecule has 1 aromatic carbocycles. The Bertz CT molecular complexity index is 1040. The Morgan fingerprint density at radius 3 is 2.11 bits per heavy atom. The first-order valence-electron chi connectivity index (χ1n) is 13.5. The van der Waals surface area contributed by atoms with Crippen LogP contribution in [0.3, 0.4) is 0 Å². The fourth-order valence-electron chi connectivity index (χ4n) is 6.98. The Morgan fingerprint density at radius 1 is 0.886 bits per heavy atom. The van der Waals surface area contributed by atoms with Gasteiger partial charge in [-0.3, -0.25) is 4.98 Å². The Balaban J connectivity index is 1.66. The van der Waals surface area contributed by atoms with Gasteiger partial charge in [0.15, 0.2) is 0 Å². The molecule has 2 nitrogen and oxygen atoms in total. The number of alkyl halides is 3. The van der Waals surface area contributed by atoms with E-state index in [0.717, 1.165) is 55.3 Å². The molecule has 0 aliphatic heterocycles. The van der Waals surface area contributed by atoms with Crippen molar-refractivity contribution in [2.24, 2.45) is 5.41 Å². The highest BCUT2D eigenvalue weighted by atomic mass is 19.4. The van der Waals surface area contributed by atoms with Gasteiger partial charge in [-0.2, -0.15) is 13.2 Å². The molecule has 0 amide bonds. The third-order valence-electron chi connectivity index (χ3n) is 8.63. The number of benzene rings is 1. The van der Waals surface area contributed by atoms with E-state index in [-0.39, 0.29) is 5.41 Å². The second kappa shape index (κ2) is 9.53. The minimum Gasteiger partial charge on any atom is -0.388 e. The number of rotatable bonds is 4. The van der Waals surface area contributed by atoms with E-state index >= 15 is 0 Å². The quantitative estimate of drug-likeness (QED) is 0.472. The first-order chi connectivity index (χ1) is 16.6. The summed E-state index contributed by atoms with van der Waals surface area (Å²) >= 11 is 0. The smallest absolute Gasteiger partial charge is 0.388 e. The summed E-state index contributed by atoms with van der Waals surface area (Å²) in [4.78, 5) is 5.31. The van der Waals surface area contributed by atoms with Gasteiger partial charge in [0.1, 0.15) is 0 Å². The second-order valence-corrected chi connectivity index (χ2v) is 12.0. The van der Waals surface area contributed by atoms with E-state index < -0.39 is 17.8 Å². The number of aliphatic hydroxyl groups is 1. The maximum Gasteiger partial charge on any atom is 0.416 e. The molecule has 0 bridgehead atoms. The van der Waals surface area contributed by atoms with E-state index in [2.05, 4.69) is 13.8 Å². The van der Waals surface area contributed by atoms with Crippen LogP contribution in [0.4, 0.5) is 13.2 Å². The van der Waals surface area contributed by atoms with Gasteiger partial charge in [-0.25, -0.2) is 0 Å². The first-order valence-corrected chi connectivity index (χ1v) is 13.5. The van der Waals surface area contributed by atoms with E-state index in [1.807, 2.05) is 0 Å². The highest BCUT2D eigenvalue weighted by Gasteiger charge is 2.39. The van der Waals surface area contributed by atoms with Crippen molar-refractivity contribution < 1.29 is 18.3 Å². The molecule has 5 heteroatoms. The number of aliphatic hydroxyl groups excluding tert-OH is 1. The lowest BCUT2D eigenvalue weighted by Crippen LogP contribution is -2.30. The summed E-state index contributed by atoms with van der Waals surface area (Å²) in [5.41, 5.74) is 6.11. The number of pyridine rings is 1. The van der Waals surface area contributed by atoms with Gasteiger partial charge in [0, 0.05) is 22.9 Å². The average Bonchev–Trinajstić information content (AvgIpc) is 3.33. The molecule has 1 atom stereocenters. The van der Waals surface area contributed by atoms with Crippen LogP contribution in [0.5, 0.6) is 0 Å². The Morgan fingerprint density at radius 2 is 1.49 bits per heavy atom. The van der Waals surface area contributed by atoms with Crippen LogP contribution in [0.1, 0.15) is 135 Å². The van der Waals surface area contributed by atoms with Crippen LogP contribution in [-0.2, 0) is 19.0 Å². The van der Waals surface area contributed by atoms with E-state index in [0.29, 0.717) is 18.3 Å². The van der Waals surface area contributed by atoms with Crippen LogP contribution in [0.25, 0.3) is 0 Å². The molecule has 3 aliphatic carbocycles. The van der Waals surface area contributed by atoms with E-state index in [4.69, 9.17) is 4.98 Å². The van der Waals surface area contributed by atoms with Crippen LogP contribution < -0.4 is 0 Å². The average molecular weight is 486 g/mol. The van der Waals surface area contributed by atoms with Crippen molar-refractivity contribution in [1.29, 1.82) is 0 Å². The van der Waals surface area contributed by atoms with Crippen molar-refractivity contribution in [3.63, 3.8) is 0 Å². The molecule has 2 aromatic rings. The molecule has 5 rings (SSSR count). The highest BCUT2D eigenvalue weighted by Crippen LogP contribution is 2.49. The van der Waals surface area contributed by atoms with Crippen molar-refractivity contribution in [3.8, 4) is 0 Å². The molecular formula is C30H38F3NO. The molecule has 35 heavy (non-hydrogen) atoms. The molecule has 0 spiro atoms. The Hall–Kier alpha value is -1.88. The Labute approximate surface area is 207 Å². The Kier molecular flexibility index (Phi) is 6.76. The number of fused-ring (bicyclic) bond motifs is 1. The fourth-order valence-corrected chi connectivity index (χ4v) is 6.98. The summed E-state index contributed by atoms with van der Waals surface area (Å²) in [6, 6.07) is 5.66. The maximum absolute atomic E-state index is 13.2. The lowest BCUT2D eigenvalue weighted by Gasteiger charge is -2.39. The molecule has 2 saturated carbocycles. The van der Waals surface area contributed by atoms with Crippen molar-refractivity contribution in [2.45, 2.75) is 115 Å². The summed E-state index contributed by atoms with van der Waals surface area (Å²) in [5, 5.41) is 11.4. The van der Waals surface area contributed by atoms with Crippen molar-refractivity contribution in [1.82, 2.24) is 4.98 Å². The second-order valence-electron chi connectivity index (χ2n) is 12.0. The third-order valence-corrected chi connectivity index (χ3v) is 8.63. The largest absolute Gasteiger partial charge is 0.416 e. The number of nitrogens with zero attached hydrogens (tertiary/aromatic N) is 1. The number of halogens is 3. The maximum atomic E-state index is 13.2. The highest BCUT2D eigenvalue weighted by molar-refractivity contribution is 5.49. The van der Waals surface area contributed by atoms with Gasteiger partial charge < -0.3 is 5.11 Å². The van der Waals surface area contributed by atoms with Crippen LogP contribution in [0, 0.1) is 5.41 Å². The van der Waals surface area contributed by atoms with Gasteiger partial charge in [0.25, 0.3) is 0 Å². The minimum absolute atomic E-state index is 0.00510. The van der Waals surface area contributed by atoms with Gasteiger partial charge in [0.2, 0.25) is 0 Å². The zero-order valence-corrected chi connectivity index (χ0v) is 21.1. The van der Waals surface area contributed by atoms with Crippen molar-refractivity contribution in [2.75, 3.05) is 0 Å². The fraction of sp³-hybridized carbons (Fsp3) is 0.633. The van der Waals surface area contributed by atoms with Gasteiger partial charge >= 0.3 is 6.18 Å². The molecule has 0 radical (unpaired) electrons. The number of hydrogen-bond donors (Lipinski definition) is 1. The van der Waals surface area contributed by atoms with E-state index in [1.54, 1.807) is 12.1 Å². The molecule has 1 aromatic heterocycles. The zero-order chi connectivity index (χ0) is 24.8. The van der Waals surface area contributed by atoms with Crippen LogP contribution >= 0.6 is 0 Å².